The Bertz CT molecular complexity index is 339. The summed E-state index contributed by atoms with van der Waals surface area (Å²) in [6.07, 6.45) is 0.214. The molecule has 96 valence electrons. The fraction of sp³-hybridized carbons (Fsp3) is 0.538. The van der Waals surface area contributed by atoms with Crippen LogP contribution in [0.15, 0.2) is 18.2 Å². The Morgan fingerprint density at radius 2 is 1.76 bits per heavy atom. The van der Waals surface area contributed by atoms with Crippen LogP contribution in [0.2, 0.25) is 0 Å². The van der Waals surface area contributed by atoms with Gasteiger partial charge in [-0.1, -0.05) is 6.07 Å². The lowest BCUT2D eigenvalue weighted by Gasteiger charge is -2.13. The summed E-state index contributed by atoms with van der Waals surface area (Å²) >= 11 is 0. The highest BCUT2D eigenvalue weighted by molar-refractivity contribution is 5.62. The average Bonchev–Trinajstić information content (AvgIpc) is 2.29. The molecule has 0 aliphatic carbocycles. The van der Waals surface area contributed by atoms with E-state index in [4.69, 9.17) is 19.9 Å². The predicted molar refractivity (Wildman–Crippen MR) is 68.6 cm³/mol. The fourth-order valence-corrected chi connectivity index (χ4v) is 1.37. The summed E-state index contributed by atoms with van der Waals surface area (Å²) < 4.78 is 16.3. The number of benzene rings is 1. The van der Waals surface area contributed by atoms with Crippen molar-refractivity contribution in [1.82, 2.24) is 0 Å². The maximum Gasteiger partial charge on any atom is 0.146 e. The molecule has 4 heteroatoms. The number of anilines is 1. The average molecular weight is 239 g/mol. The van der Waals surface area contributed by atoms with E-state index >= 15 is 0 Å². The van der Waals surface area contributed by atoms with Crippen molar-refractivity contribution in [2.75, 3.05) is 25.6 Å². The minimum absolute atomic E-state index is 0.214. The van der Waals surface area contributed by atoms with Crippen molar-refractivity contribution in [3.63, 3.8) is 0 Å². The van der Waals surface area contributed by atoms with Crippen LogP contribution < -0.4 is 15.2 Å². The second kappa shape index (κ2) is 7.01. The van der Waals surface area contributed by atoms with Gasteiger partial charge in [0.05, 0.1) is 19.3 Å². The number of rotatable bonds is 7. The van der Waals surface area contributed by atoms with Crippen molar-refractivity contribution in [2.24, 2.45) is 0 Å². The van der Waals surface area contributed by atoms with Gasteiger partial charge in [-0.25, -0.2) is 0 Å². The van der Waals surface area contributed by atoms with Crippen LogP contribution in [0.1, 0.15) is 20.8 Å². The number of ether oxygens (including phenoxy) is 3. The second-order valence-corrected chi connectivity index (χ2v) is 3.87. The van der Waals surface area contributed by atoms with Crippen LogP contribution in [0.3, 0.4) is 0 Å². The standard InChI is InChI=1S/C13H21NO3/c1-4-15-11-6-5-7-12(13(11)14)17-9-8-16-10(2)3/h5-7,10H,4,8-9,14H2,1-3H3. The molecule has 0 radical (unpaired) electrons. The maximum absolute atomic E-state index is 5.92. The largest absolute Gasteiger partial charge is 0.492 e. The molecular weight excluding hydrogens is 218 g/mol. The number of para-hydroxylation sites is 1. The summed E-state index contributed by atoms with van der Waals surface area (Å²) in [6.45, 7) is 7.52. The molecule has 1 aromatic carbocycles. The minimum atomic E-state index is 0.214. The van der Waals surface area contributed by atoms with Gasteiger partial charge < -0.3 is 19.9 Å². The predicted octanol–water partition coefficient (Wildman–Crippen LogP) is 2.47. The Morgan fingerprint density at radius 3 is 2.35 bits per heavy atom. The Labute approximate surface area is 103 Å². The Morgan fingerprint density at radius 1 is 1.12 bits per heavy atom. The summed E-state index contributed by atoms with van der Waals surface area (Å²) in [7, 11) is 0. The smallest absolute Gasteiger partial charge is 0.146 e. The van der Waals surface area contributed by atoms with Gasteiger partial charge in [0.25, 0.3) is 0 Å². The van der Waals surface area contributed by atoms with E-state index in [9.17, 15) is 0 Å². The van der Waals surface area contributed by atoms with Gasteiger partial charge in [-0.2, -0.15) is 0 Å². The number of nitrogen functional groups attached to an aromatic ring is 1. The van der Waals surface area contributed by atoms with Crippen molar-refractivity contribution < 1.29 is 14.2 Å². The lowest BCUT2D eigenvalue weighted by molar-refractivity contribution is 0.0554. The summed E-state index contributed by atoms with van der Waals surface area (Å²) in [5, 5.41) is 0. The van der Waals surface area contributed by atoms with Gasteiger partial charge in [0, 0.05) is 0 Å². The molecule has 0 saturated carbocycles. The van der Waals surface area contributed by atoms with Crippen LogP contribution in [-0.2, 0) is 4.74 Å². The molecule has 0 spiro atoms. The quantitative estimate of drug-likeness (QED) is 0.586. The molecule has 0 bridgehead atoms. The van der Waals surface area contributed by atoms with Crippen molar-refractivity contribution >= 4 is 5.69 Å². The Kier molecular flexibility index (Phi) is 5.63. The van der Waals surface area contributed by atoms with Gasteiger partial charge in [-0.3, -0.25) is 0 Å². The van der Waals surface area contributed by atoms with Gasteiger partial charge in [-0.15, -0.1) is 0 Å². The zero-order valence-electron chi connectivity index (χ0n) is 10.7. The van der Waals surface area contributed by atoms with Crippen molar-refractivity contribution in [3.8, 4) is 11.5 Å². The SMILES string of the molecule is CCOc1cccc(OCCOC(C)C)c1N. The summed E-state index contributed by atoms with van der Waals surface area (Å²) in [5.41, 5.74) is 6.46. The maximum atomic E-state index is 5.92. The monoisotopic (exact) mass is 239 g/mol. The molecule has 0 saturated heterocycles. The number of hydrogen-bond donors (Lipinski definition) is 1. The molecule has 1 aromatic rings. The molecule has 17 heavy (non-hydrogen) atoms. The molecule has 0 heterocycles. The van der Waals surface area contributed by atoms with Crippen LogP contribution in [0, 0.1) is 0 Å². The van der Waals surface area contributed by atoms with Crippen molar-refractivity contribution in [3.05, 3.63) is 18.2 Å². The lowest BCUT2D eigenvalue weighted by Crippen LogP contribution is -2.12. The Hall–Kier alpha value is -1.42. The lowest BCUT2D eigenvalue weighted by atomic mass is 10.3. The number of hydrogen-bond acceptors (Lipinski definition) is 4. The second-order valence-electron chi connectivity index (χ2n) is 3.87. The van der Waals surface area contributed by atoms with Crippen LogP contribution in [0.25, 0.3) is 0 Å². The highest BCUT2D eigenvalue weighted by Gasteiger charge is 2.06. The van der Waals surface area contributed by atoms with Crippen molar-refractivity contribution in [1.29, 1.82) is 0 Å². The third kappa shape index (κ3) is 4.53. The molecule has 1 rings (SSSR count). The van der Waals surface area contributed by atoms with E-state index in [0.29, 0.717) is 37.0 Å². The minimum Gasteiger partial charge on any atom is -0.492 e. The van der Waals surface area contributed by atoms with E-state index < -0.39 is 0 Å². The molecule has 0 unspecified atom stereocenters. The first kappa shape index (κ1) is 13.6. The third-order valence-electron chi connectivity index (χ3n) is 2.12. The third-order valence-corrected chi connectivity index (χ3v) is 2.12. The van der Waals surface area contributed by atoms with E-state index in [-0.39, 0.29) is 6.10 Å². The van der Waals surface area contributed by atoms with Gasteiger partial charge in [-0.05, 0) is 32.9 Å². The summed E-state index contributed by atoms with van der Waals surface area (Å²) in [6, 6.07) is 5.52. The summed E-state index contributed by atoms with van der Waals surface area (Å²) in [5.74, 6) is 1.30. The Balaban J connectivity index is 2.50. The zero-order valence-corrected chi connectivity index (χ0v) is 10.7. The summed E-state index contributed by atoms with van der Waals surface area (Å²) in [4.78, 5) is 0. The van der Waals surface area contributed by atoms with Crippen LogP contribution in [-0.4, -0.2) is 25.9 Å². The van der Waals surface area contributed by atoms with Gasteiger partial charge in [0.15, 0.2) is 0 Å². The highest BCUT2D eigenvalue weighted by atomic mass is 16.5. The first-order valence-electron chi connectivity index (χ1n) is 5.90. The van der Waals surface area contributed by atoms with Gasteiger partial charge in [0.1, 0.15) is 23.8 Å². The highest BCUT2D eigenvalue weighted by Crippen LogP contribution is 2.31. The van der Waals surface area contributed by atoms with E-state index in [1.54, 1.807) is 0 Å². The van der Waals surface area contributed by atoms with E-state index in [1.807, 2.05) is 39.0 Å². The molecule has 0 atom stereocenters. The first-order chi connectivity index (χ1) is 8.15. The molecule has 4 nitrogen and oxygen atoms in total. The molecule has 0 fully saturated rings. The fourth-order valence-electron chi connectivity index (χ4n) is 1.37. The first-order valence-corrected chi connectivity index (χ1v) is 5.90. The van der Waals surface area contributed by atoms with Gasteiger partial charge in [0.2, 0.25) is 0 Å². The molecule has 0 amide bonds. The van der Waals surface area contributed by atoms with E-state index in [2.05, 4.69) is 0 Å². The van der Waals surface area contributed by atoms with Crippen LogP contribution in [0.4, 0.5) is 5.69 Å². The molecular formula is C13H21NO3. The normalized spacial score (nSPS) is 10.6. The van der Waals surface area contributed by atoms with Crippen LogP contribution >= 0.6 is 0 Å². The topological polar surface area (TPSA) is 53.7 Å². The molecule has 0 aliphatic rings. The van der Waals surface area contributed by atoms with Gasteiger partial charge >= 0.3 is 0 Å². The molecule has 0 aromatic heterocycles. The zero-order chi connectivity index (χ0) is 12.7. The van der Waals surface area contributed by atoms with E-state index in [0.717, 1.165) is 0 Å². The molecule has 0 aliphatic heterocycles. The number of nitrogens with two attached hydrogens (primary N) is 1. The van der Waals surface area contributed by atoms with E-state index in [1.165, 1.54) is 0 Å². The van der Waals surface area contributed by atoms with Crippen LogP contribution in [0.5, 0.6) is 11.5 Å². The van der Waals surface area contributed by atoms with Crippen molar-refractivity contribution in [2.45, 2.75) is 26.9 Å². The molecule has 2 N–H and O–H groups in total.